The van der Waals surface area contributed by atoms with Crippen LogP contribution in [0, 0.1) is 18.3 Å². The monoisotopic (exact) mass is 309 g/mol. The van der Waals surface area contributed by atoms with Gasteiger partial charge in [-0.25, -0.2) is 9.97 Å². The number of benzene rings is 1. The Bertz CT molecular complexity index is 736. The van der Waals surface area contributed by atoms with E-state index >= 15 is 0 Å². The second-order valence-corrected chi connectivity index (χ2v) is 5.08. The summed E-state index contributed by atoms with van der Waals surface area (Å²) in [7, 11) is 0. The summed E-state index contributed by atoms with van der Waals surface area (Å²) in [6, 6.07) is 10.8. The Morgan fingerprint density at radius 1 is 1.30 bits per heavy atom. The van der Waals surface area contributed by atoms with Gasteiger partial charge in [-0.15, -0.1) is 0 Å². The van der Waals surface area contributed by atoms with Crippen LogP contribution in [0.5, 0.6) is 0 Å². The van der Waals surface area contributed by atoms with Gasteiger partial charge in [-0.1, -0.05) is 25.5 Å². The predicted molar refractivity (Wildman–Crippen MR) is 88.4 cm³/mol. The van der Waals surface area contributed by atoms with Crippen LogP contribution >= 0.6 is 0 Å². The minimum absolute atomic E-state index is 0.222. The average molecular weight is 309 g/mol. The molecule has 0 atom stereocenters. The lowest BCUT2D eigenvalue weighted by molar-refractivity contribution is 0.0948. The maximum atomic E-state index is 12.1. The SMILES string of the molecule is CCCCNC(=O)c1cc(Nc2ccccc2C#N)nc(C)n1. The average Bonchev–Trinajstić information content (AvgIpc) is 2.55. The summed E-state index contributed by atoms with van der Waals surface area (Å²) in [5.41, 5.74) is 1.47. The largest absolute Gasteiger partial charge is 0.351 e. The van der Waals surface area contributed by atoms with Gasteiger partial charge < -0.3 is 10.6 Å². The van der Waals surface area contributed by atoms with Crippen molar-refractivity contribution in [2.24, 2.45) is 0 Å². The quantitative estimate of drug-likeness (QED) is 0.801. The van der Waals surface area contributed by atoms with Gasteiger partial charge in [0.05, 0.1) is 11.3 Å². The second kappa shape index (κ2) is 7.90. The third-order valence-corrected chi connectivity index (χ3v) is 3.20. The third-order valence-electron chi connectivity index (χ3n) is 3.20. The lowest BCUT2D eigenvalue weighted by Crippen LogP contribution is -2.25. The normalized spacial score (nSPS) is 9.96. The minimum Gasteiger partial charge on any atom is -0.351 e. The number of amides is 1. The fourth-order valence-electron chi connectivity index (χ4n) is 2.04. The van der Waals surface area contributed by atoms with Crippen molar-refractivity contribution < 1.29 is 4.79 Å². The van der Waals surface area contributed by atoms with Gasteiger partial charge in [0.15, 0.2) is 0 Å². The molecule has 6 heteroatoms. The summed E-state index contributed by atoms with van der Waals surface area (Å²) in [5.74, 6) is 0.756. The lowest BCUT2D eigenvalue weighted by atomic mass is 10.2. The van der Waals surface area contributed by atoms with Gasteiger partial charge in [0.25, 0.3) is 5.91 Å². The standard InChI is InChI=1S/C17H19N5O/c1-3-4-9-19-17(23)15-10-16(21-12(2)20-15)22-14-8-6-5-7-13(14)11-18/h5-8,10H,3-4,9H2,1-2H3,(H,19,23)(H,20,21,22). The molecular weight excluding hydrogens is 290 g/mol. The van der Waals surface area contributed by atoms with Gasteiger partial charge in [0, 0.05) is 12.6 Å². The van der Waals surface area contributed by atoms with Gasteiger partial charge in [0.1, 0.15) is 23.4 Å². The van der Waals surface area contributed by atoms with Crippen LogP contribution in [0.4, 0.5) is 11.5 Å². The highest BCUT2D eigenvalue weighted by atomic mass is 16.1. The van der Waals surface area contributed by atoms with E-state index in [9.17, 15) is 4.79 Å². The molecule has 1 aromatic heterocycles. The summed E-state index contributed by atoms with van der Waals surface area (Å²) < 4.78 is 0. The number of nitrogens with one attached hydrogen (secondary N) is 2. The number of nitriles is 1. The predicted octanol–water partition coefficient (Wildman–Crippen LogP) is 2.93. The van der Waals surface area contributed by atoms with Gasteiger partial charge >= 0.3 is 0 Å². The van der Waals surface area contributed by atoms with Crippen molar-refractivity contribution in [2.45, 2.75) is 26.7 Å². The van der Waals surface area contributed by atoms with Crippen LogP contribution in [0.15, 0.2) is 30.3 Å². The summed E-state index contributed by atoms with van der Waals surface area (Å²) in [4.78, 5) is 20.6. The van der Waals surface area contributed by atoms with Gasteiger partial charge in [-0.05, 0) is 25.5 Å². The molecule has 0 bridgehead atoms. The smallest absolute Gasteiger partial charge is 0.270 e. The molecule has 1 aromatic carbocycles. The van der Waals surface area contributed by atoms with Crippen LogP contribution in [0.25, 0.3) is 0 Å². The Labute approximate surface area is 135 Å². The Kier molecular flexibility index (Phi) is 5.64. The number of anilines is 2. The van der Waals surface area contributed by atoms with Crippen molar-refractivity contribution in [3.63, 3.8) is 0 Å². The molecular formula is C17H19N5O. The molecule has 0 aliphatic rings. The Hall–Kier alpha value is -2.94. The number of hydrogen-bond acceptors (Lipinski definition) is 5. The Morgan fingerprint density at radius 2 is 2.09 bits per heavy atom. The highest BCUT2D eigenvalue weighted by Crippen LogP contribution is 2.19. The fourth-order valence-corrected chi connectivity index (χ4v) is 2.04. The second-order valence-electron chi connectivity index (χ2n) is 5.08. The number of unbranched alkanes of at least 4 members (excludes halogenated alkanes) is 1. The Morgan fingerprint density at radius 3 is 2.83 bits per heavy atom. The zero-order valence-electron chi connectivity index (χ0n) is 13.3. The summed E-state index contributed by atoms with van der Waals surface area (Å²) in [6.07, 6.45) is 1.94. The number of aromatic nitrogens is 2. The number of carbonyl (C=O) groups excluding carboxylic acids is 1. The van der Waals surface area contributed by atoms with Crippen LogP contribution in [0.3, 0.4) is 0 Å². The van der Waals surface area contributed by atoms with E-state index < -0.39 is 0 Å². The van der Waals surface area contributed by atoms with E-state index in [1.54, 1.807) is 31.2 Å². The van der Waals surface area contributed by atoms with Crippen molar-refractivity contribution in [1.82, 2.24) is 15.3 Å². The van der Waals surface area contributed by atoms with Gasteiger partial charge in [0.2, 0.25) is 0 Å². The highest BCUT2D eigenvalue weighted by Gasteiger charge is 2.11. The maximum Gasteiger partial charge on any atom is 0.270 e. The Balaban J connectivity index is 2.20. The lowest BCUT2D eigenvalue weighted by Gasteiger charge is -2.10. The van der Waals surface area contributed by atoms with Crippen LogP contribution < -0.4 is 10.6 Å². The topological polar surface area (TPSA) is 90.7 Å². The molecule has 0 aliphatic carbocycles. The van der Waals surface area contributed by atoms with Crippen molar-refractivity contribution in [3.8, 4) is 6.07 Å². The van der Waals surface area contributed by atoms with E-state index in [1.165, 1.54) is 0 Å². The van der Waals surface area contributed by atoms with Gasteiger partial charge in [-0.3, -0.25) is 4.79 Å². The van der Waals surface area contributed by atoms with Crippen molar-refractivity contribution in [1.29, 1.82) is 5.26 Å². The molecule has 1 heterocycles. The third kappa shape index (κ3) is 4.51. The van der Waals surface area contributed by atoms with E-state index in [4.69, 9.17) is 5.26 Å². The number of rotatable bonds is 6. The summed E-state index contributed by atoms with van der Waals surface area (Å²) >= 11 is 0. The first kappa shape index (κ1) is 16.4. The molecule has 23 heavy (non-hydrogen) atoms. The first-order valence-electron chi connectivity index (χ1n) is 7.54. The first-order chi connectivity index (χ1) is 11.1. The van der Waals surface area contributed by atoms with E-state index in [-0.39, 0.29) is 5.91 Å². The molecule has 0 saturated carbocycles. The molecule has 6 nitrogen and oxygen atoms in total. The summed E-state index contributed by atoms with van der Waals surface area (Å²) in [5, 5.41) is 15.0. The molecule has 118 valence electrons. The number of para-hydroxylation sites is 1. The van der Waals surface area contributed by atoms with Crippen molar-refractivity contribution in [3.05, 3.63) is 47.4 Å². The maximum absolute atomic E-state index is 12.1. The molecule has 0 radical (unpaired) electrons. The number of carbonyl (C=O) groups is 1. The number of aryl methyl sites for hydroxylation is 1. The summed E-state index contributed by atoms with van der Waals surface area (Å²) in [6.45, 7) is 4.41. The zero-order chi connectivity index (χ0) is 16.7. The number of nitrogens with zero attached hydrogens (tertiary/aromatic N) is 3. The molecule has 2 aromatic rings. The van der Waals surface area contributed by atoms with Crippen LogP contribution in [0.2, 0.25) is 0 Å². The molecule has 0 spiro atoms. The van der Waals surface area contributed by atoms with Crippen LogP contribution in [-0.4, -0.2) is 22.4 Å². The van der Waals surface area contributed by atoms with E-state index in [0.29, 0.717) is 35.1 Å². The molecule has 0 saturated heterocycles. The first-order valence-corrected chi connectivity index (χ1v) is 7.54. The molecule has 0 unspecified atom stereocenters. The van der Waals surface area contributed by atoms with Gasteiger partial charge in [-0.2, -0.15) is 5.26 Å². The number of hydrogen-bond donors (Lipinski definition) is 2. The molecule has 2 N–H and O–H groups in total. The van der Waals surface area contributed by atoms with E-state index in [2.05, 4.69) is 33.6 Å². The van der Waals surface area contributed by atoms with Crippen LogP contribution in [-0.2, 0) is 0 Å². The van der Waals surface area contributed by atoms with Crippen LogP contribution in [0.1, 0.15) is 41.6 Å². The molecule has 0 aliphatic heterocycles. The zero-order valence-corrected chi connectivity index (χ0v) is 13.3. The molecule has 2 rings (SSSR count). The van der Waals surface area contributed by atoms with Crippen molar-refractivity contribution in [2.75, 3.05) is 11.9 Å². The minimum atomic E-state index is -0.222. The van der Waals surface area contributed by atoms with Crippen molar-refractivity contribution >= 4 is 17.4 Å². The molecule has 1 amide bonds. The van der Waals surface area contributed by atoms with E-state index in [0.717, 1.165) is 12.8 Å². The van der Waals surface area contributed by atoms with E-state index in [1.807, 2.05) is 6.07 Å². The highest BCUT2D eigenvalue weighted by molar-refractivity contribution is 5.93. The molecule has 0 fully saturated rings. The fraction of sp³-hybridized carbons (Fsp3) is 0.294.